The molecular weight excluding hydrogens is 184 g/mol. The molecule has 15 heavy (non-hydrogen) atoms. The Morgan fingerprint density at radius 3 is 2.00 bits per heavy atom. The van der Waals surface area contributed by atoms with Crippen LogP contribution in [0.25, 0.3) is 0 Å². The first kappa shape index (κ1) is 12.1. The summed E-state index contributed by atoms with van der Waals surface area (Å²) in [4.78, 5) is 0. The van der Waals surface area contributed by atoms with Gasteiger partial charge in [0.15, 0.2) is 0 Å². The van der Waals surface area contributed by atoms with Crippen molar-refractivity contribution in [2.24, 2.45) is 0 Å². The first-order chi connectivity index (χ1) is 6.88. The van der Waals surface area contributed by atoms with Crippen molar-refractivity contribution in [2.45, 2.75) is 52.9 Å². The largest absolute Gasteiger partial charge is 0.508 e. The quantitative estimate of drug-likeness (QED) is 0.789. The first-order valence-corrected chi connectivity index (χ1v) is 5.69. The van der Waals surface area contributed by atoms with Gasteiger partial charge in [0.2, 0.25) is 0 Å². The molecule has 0 radical (unpaired) electrons. The molecule has 84 valence electrons. The van der Waals surface area contributed by atoms with Crippen molar-refractivity contribution in [1.82, 2.24) is 0 Å². The van der Waals surface area contributed by atoms with Crippen LogP contribution in [0.3, 0.4) is 0 Å². The molecule has 0 bridgehead atoms. The second kappa shape index (κ2) is 4.26. The van der Waals surface area contributed by atoms with Crippen LogP contribution in [-0.2, 0) is 5.41 Å². The Morgan fingerprint density at radius 2 is 1.60 bits per heavy atom. The zero-order chi connectivity index (χ0) is 11.6. The third kappa shape index (κ3) is 2.53. The minimum absolute atomic E-state index is 0.205. The third-order valence-electron chi connectivity index (χ3n) is 3.07. The van der Waals surface area contributed by atoms with Crippen molar-refractivity contribution < 1.29 is 5.11 Å². The number of aromatic hydroxyl groups is 1. The fraction of sp³-hybridized carbons (Fsp3) is 0.571. The maximum absolute atomic E-state index is 9.51. The van der Waals surface area contributed by atoms with E-state index in [-0.39, 0.29) is 5.41 Å². The summed E-state index contributed by atoms with van der Waals surface area (Å²) in [7, 11) is 0. The second-order valence-corrected chi connectivity index (χ2v) is 5.09. The average molecular weight is 206 g/mol. The summed E-state index contributed by atoms with van der Waals surface area (Å²) in [6, 6.07) is 3.72. The Labute approximate surface area is 93.1 Å². The number of hydrogen-bond acceptors (Lipinski definition) is 1. The van der Waals surface area contributed by atoms with Gasteiger partial charge in [0, 0.05) is 0 Å². The molecule has 0 saturated heterocycles. The molecule has 1 aromatic rings. The van der Waals surface area contributed by atoms with Crippen molar-refractivity contribution in [1.29, 1.82) is 0 Å². The van der Waals surface area contributed by atoms with Gasteiger partial charge in [-0.15, -0.1) is 0 Å². The summed E-state index contributed by atoms with van der Waals surface area (Å²) in [5, 5.41) is 9.51. The van der Waals surface area contributed by atoms with Crippen LogP contribution in [0, 0.1) is 13.8 Å². The van der Waals surface area contributed by atoms with Crippen LogP contribution >= 0.6 is 0 Å². The van der Waals surface area contributed by atoms with Gasteiger partial charge < -0.3 is 5.11 Å². The summed E-state index contributed by atoms with van der Waals surface area (Å²) < 4.78 is 0. The van der Waals surface area contributed by atoms with Gasteiger partial charge in [-0.2, -0.15) is 0 Å². The molecule has 0 aliphatic heterocycles. The van der Waals surface area contributed by atoms with Crippen LogP contribution in [0.5, 0.6) is 5.75 Å². The van der Waals surface area contributed by atoms with E-state index in [4.69, 9.17) is 0 Å². The smallest absolute Gasteiger partial charge is 0.116 e. The van der Waals surface area contributed by atoms with Gasteiger partial charge in [-0.25, -0.2) is 0 Å². The fourth-order valence-electron chi connectivity index (χ4n) is 2.76. The van der Waals surface area contributed by atoms with Crippen LogP contribution in [0.1, 0.15) is 50.3 Å². The van der Waals surface area contributed by atoms with Gasteiger partial charge in [-0.05, 0) is 54.5 Å². The van der Waals surface area contributed by atoms with Gasteiger partial charge in [-0.1, -0.05) is 27.2 Å². The van der Waals surface area contributed by atoms with Crippen molar-refractivity contribution in [2.75, 3.05) is 0 Å². The Morgan fingerprint density at radius 1 is 1.13 bits per heavy atom. The van der Waals surface area contributed by atoms with Crippen molar-refractivity contribution in [3.8, 4) is 5.75 Å². The van der Waals surface area contributed by atoms with Crippen LogP contribution in [0.15, 0.2) is 12.1 Å². The number of rotatable bonds is 3. The SMILES string of the molecule is CCCC(C)(C)c1c(C)cc(O)cc1C. The van der Waals surface area contributed by atoms with E-state index < -0.39 is 0 Å². The minimum atomic E-state index is 0.205. The van der Waals surface area contributed by atoms with Gasteiger partial charge in [-0.3, -0.25) is 0 Å². The minimum Gasteiger partial charge on any atom is -0.508 e. The molecule has 0 aliphatic rings. The van der Waals surface area contributed by atoms with Gasteiger partial charge in [0.05, 0.1) is 0 Å². The molecule has 0 aliphatic carbocycles. The van der Waals surface area contributed by atoms with E-state index in [0.29, 0.717) is 5.75 Å². The fourth-order valence-corrected chi connectivity index (χ4v) is 2.76. The number of phenols is 1. The van der Waals surface area contributed by atoms with Crippen molar-refractivity contribution in [3.63, 3.8) is 0 Å². The molecule has 1 heteroatoms. The topological polar surface area (TPSA) is 20.2 Å². The van der Waals surface area contributed by atoms with Gasteiger partial charge >= 0.3 is 0 Å². The standard InChI is InChI=1S/C14H22O/c1-6-7-14(4,5)13-10(2)8-12(15)9-11(13)3/h8-9,15H,6-7H2,1-5H3. The first-order valence-electron chi connectivity index (χ1n) is 5.69. The maximum atomic E-state index is 9.51. The summed E-state index contributed by atoms with van der Waals surface area (Å²) in [6.45, 7) is 10.9. The number of hydrogen-bond donors (Lipinski definition) is 1. The van der Waals surface area contributed by atoms with E-state index in [0.717, 1.165) is 0 Å². The lowest BCUT2D eigenvalue weighted by molar-refractivity contribution is 0.458. The van der Waals surface area contributed by atoms with Crippen LogP contribution in [0.2, 0.25) is 0 Å². The third-order valence-corrected chi connectivity index (χ3v) is 3.07. The summed E-state index contributed by atoms with van der Waals surface area (Å²) in [5.41, 5.74) is 4.00. The normalized spacial score (nSPS) is 11.8. The Hall–Kier alpha value is -0.980. The number of benzene rings is 1. The van der Waals surface area contributed by atoms with E-state index in [9.17, 15) is 5.11 Å². The molecule has 1 N–H and O–H groups in total. The monoisotopic (exact) mass is 206 g/mol. The van der Waals surface area contributed by atoms with Crippen LogP contribution in [-0.4, -0.2) is 5.11 Å². The van der Waals surface area contributed by atoms with Gasteiger partial charge in [0.1, 0.15) is 5.75 Å². The highest BCUT2D eigenvalue weighted by Crippen LogP contribution is 2.35. The maximum Gasteiger partial charge on any atom is 0.116 e. The Bertz CT molecular complexity index is 327. The van der Waals surface area contributed by atoms with Crippen LogP contribution in [0.4, 0.5) is 0 Å². The molecule has 1 aromatic carbocycles. The Balaban J connectivity index is 3.24. The van der Waals surface area contributed by atoms with Crippen molar-refractivity contribution >= 4 is 0 Å². The van der Waals surface area contributed by atoms with E-state index >= 15 is 0 Å². The van der Waals surface area contributed by atoms with E-state index in [1.165, 1.54) is 29.5 Å². The Kier molecular flexibility index (Phi) is 3.43. The highest BCUT2D eigenvalue weighted by Gasteiger charge is 2.23. The molecule has 0 spiro atoms. The molecule has 0 fully saturated rings. The van der Waals surface area contributed by atoms with Crippen molar-refractivity contribution in [3.05, 3.63) is 28.8 Å². The second-order valence-electron chi connectivity index (χ2n) is 5.09. The zero-order valence-corrected chi connectivity index (χ0v) is 10.5. The predicted octanol–water partition coefficient (Wildman–Crippen LogP) is 4.09. The zero-order valence-electron chi connectivity index (χ0n) is 10.5. The average Bonchev–Trinajstić information content (AvgIpc) is 1.99. The lowest BCUT2D eigenvalue weighted by Gasteiger charge is -2.28. The lowest BCUT2D eigenvalue weighted by Crippen LogP contribution is -2.19. The van der Waals surface area contributed by atoms with E-state index in [1.807, 2.05) is 12.1 Å². The predicted molar refractivity (Wildman–Crippen MR) is 65.5 cm³/mol. The highest BCUT2D eigenvalue weighted by atomic mass is 16.3. The molecule has 0 heterocycles. The summed E-state index contributed by atoms with van der Waals surface area (Å²) in [6.07, 6.45) is 2.37. The summed E-state index contributed by atoms with van der Waals surface area (Å²) in [5.74, 6) is 0.376. The molecule has 0 aromatic heterocycles. The number of phenolic OH excluding ortho intramolecular Hbond substituents is 1. The van der Waals surface area contributed by atoms with E-state index in [2.05, 4.69) is 34.6 Å². The van der Waals surface area contributed by atoms with E-state index in [1.54, 1.807) is 0 Å². The molecular formula is C14H22O. The molecule has 0 amide bonds. The molecule has 1 nitrogen and oxygen atoms in total. The molecule has 0 atom stereocenters. The molecule has 1 rings (SSSR count). The molecule has 0 saturated carbocycles. The lowest BCUT2D eigenvalue weighted by atomic mass is 9.76. The summed E-state index contributed by atoms with van der Waals surface area (Å²) >= 11 is 0. The van der Waals surface area contributed by atoms with Crippen LogP contribution < -0.4 is 0 Å². The van der Waals surface area contributed by atoms with Gasteiger partial charge in [0.25, 0.3) is 0 Å². The number of aryl methyl sites for hydroxylation is 2. The molecule has 0 unspecified atom stereocenters. The highest BCUT2D eigenvalue weighted by molar-refractivity contribution is 5.44.